The Hall–Kier alpha value is -0.860. The van der Waals surface area contributed by atoms with E-state index in [0.29, 0.717) is 0 Å². The third-order valence-corrected chi connectivity index (χ3v) is 4.28. The first kappa shape index (κ1) is 11.2. The van der Waals surface area contributed by atoms with Crippen molar-refractivity contribution >= 4 is 0 Å². The van der Waals surface area contributed by atoms with E-state index in [0.717, 1.165) is 24.3 Å². The molecule has 2 atom stereocenters. The fourth-order valence-electron chi connectivity index (χ4n) is 3.20. The summed E-state index contributed by atoms with van der Waals surface area (Å²) in [6, 6.07) is 10.8. The average Bonchev–Trinajstić information content (AvgIpc) is 3.04. The second-order valence-corrected chi connectivity index (χ2v) is 5.66. The van der Waals surface area contributed by atoms with E-state index >= 15 is 0 Å². The largest absolute Gasteiger partial charge is 0.319 e. The Labute approximate surface area is 104 Å². The standard InChI is InChI=1S/C15H22N2/c1-16-8-13-7-15(13)14-10-17(11-14)9-12-5-3-2-4-6-12/h2-6,13-16H,7-11H2,1H3. The van der Waals surface area contributed by atoms with Crippen LogP contribution in [0.5, 0.6) is 0 Å². The van der Waals surface area contributed by atoms with Gasteiger partial charge in [-0.3, -0.25) is 4.90 Å². The maximum absolute atomic E-state index is 3.30. The maximum Gasteiger partial charge on any atom is 0.0233 e. The zero-order valence-corrected chi connectivity index (χ0v) is 10.6. The van der Waals surface area contributed by atoms with Gasteiger partial charge in [0.2, 0.25) is 0 Å². The molecule has 0 spiro atoms. The van der Waals surface area contributed by atoms with E-state index < -0.39 is 0 Å². The van der Waals surface area contributed by atoms with Crippen LogP contribution < -0.4 is 5.32 Å². The zero-order chi connectivity index (χ0) is 11.7. The number of hydrogen-bond donors (Lipinski definition) is 1. The van der Waals surface area contributed by atoms with E-state index in [2.05, 4.69) is 47.6 Å². The van der Waals surface area contributed by atoms with E-state index in [1.54, 1.807) is 0 Å². The Balaban J connectivity index is 1.41. The summed E-state index contributed by atoms with van der Waals surface area (Å²) in [5.41, 5.74) is 1.45. The number of nitrogens with one attached hydrogen (secondary N) is 1. The highest BCUT2D eigenvalue weighted by atomic mass is 15.2. The molecule has 1 N–H and O–H groups in total. The van der Waals surface area contributed by atoms with Crippen molar-refractivity contribution in [1.29, 1.82) is 0 Å². The quantitative estimate of drug-likeness (QED) is 0.832. The Morgan fingerprint density at radius 1 is 1.24 bits per heavy atom. The van der Waals surface area contributed by atoms with Crippen molar-refractivity contribution in [2.45, 2.75) is 13.0 Å². The predicted octanol–water partition coefficient (Wildman–Crippen LogP) is 1.97. The molecule has 3 rings (SSSR count). The fourth-order valence-corrected chi connectivity index (χ4v) is 3.20. The lowest BCUT2D eigenvalue weighted by atomic mass is 9.92. The summed E-state index contributed by atoms with van der Waals surface area (Å²) >= 11 is 0. The zero-order valence-electron chi connectivity index (χ0n) is 10.6. The van der Waals surface area contributed by atoms with Gasteiger partial charge in [0.25, 0.3) is 0 Å². The molecule has 1 aromatic carbocycles. The summed E-state index contributed by atoms with van der Waals surface area (Å²) < 4.78 is 0. The summed E-state index contributed by atoms with van der Waals surface area (Å²) in [5, 5.41) is 3.30. The van der Waals surface area contributed by atoms with Crippen LogP contribution in [0.25, 0.3) is 0 Å². The molecule has 0 radical (unpaired) electrons. The minimum atomic E-state index is 0.976. The predicted molar refractivity (Wildman–Crippen MR) is 70.7 cm³/mol. The van der Waals surface area contributed by atoms with E-state index in [1.807, 2.05) is 0 Å². The first-order valence-electron chi connectivity index (χ1n) is 6.77. The molecule has 1 heterocycles. The smallest absolute Gasteiger partial charge is 0.0233 e. The van der Waals surface area contributed by atoms with Gasteiger partial charge in [-0.15, -0.1) is 0 Å². The number of likely N-dealkylation sites (tertiary alicyclic amines) is 1. The molecular formula is C15H22N2. The highest BCUT2D eigenvalue weighted by molar-refractivity contribution is 5.15. The van der Waals surface area contributed by atoms with Crippen molar-refractivity contribution in [3.05, 3.63) is 35.9 Å². The second kappa shape index (κ2) is 4.79. The minimum Gasteiger partial charge on any atom is -0.319 e. The van der Waals surface area contributed by atoms with E-state index in [9.17, 15) is 0 Å². The third kappa shape index (κ3) is 2.53. The monoisotopic (exact) mass is 230 g/mol. The molecule has 2 nitrogen and oxygen atoms in total. The molecule has 92 valence electrons. The first-order chi connectivity index (χ1) is 8.36. The molecule has 1 aliphatic carbocycles. The topological polar surface area (TPSA) is 15.3 Å². The summed E-state index contributed by atoms with van der Waals surface area (Å²) in [6.45, 7) is 5.00. The molecule has 1 aliphatic heterocycles. The number of hydrogen-bond acceptors (Lipinski definition) is 2. The number of rotatable bonds is 5. The molecule has 2 heteroatoms. The highest BCUT2D eigenvalue weighted by Crippen LogP contribution is 2.47. The molecule has 1 saturated heterocycles. The van der Waals surface area contributed by atoms with Gasteiger partial charge in [0.15, 0.2) is 0 Å². The first-order valence-corrected chi connectivity index (χ1v) is 6.77. The van der Waals surface area contributed by atoms with Crippen molar-refractivity contribution in [2.75, 3.05) is 26.7 Å². The highest BCUT2D eigenvalue weighted by Gasteiger charge is 2.46. The molecular weight excluding hydrogens is 208 g/mol. The van der Waals surface area contributed by atoms with Crippen LogP contribution in [0.3, 0.4) is 0 Å². The molecule has 2 fully saturated rings. The van der Waals surface area contributed by atoms with Crippen LogP contribution in [0.1, 0.15) is 12.0 Å². The number of nitrogens with zero attached hydrogens (tertiary/aromatic N) is 1. The SMILES string of the molecule is CNCC1CC1C1CN(Cc2ccccc2)C1. The minimum absolute atomic E-state index is 0.976. The molecule has 0 amide bonds. The lowest BCUT2D eigenvalue weighted by Gasteiger charge is -2.40. The van der Waals surface area contributed by atoms with Gasteiger partial charge in [-0.1, -0.05) is 30.3 Å². The van der Waals surface area contributed by atoms with E-state index in [1.165, 1.54) is 31.6 Å². The summed E-state index contributed by atoms with van der Waals surface area (Å²) in [5.74, 6) is 2.98. The van der Waals surface area contributed by atoms with Gasteiger partial charge in [-0.25, -0.2) is 0 Å². The summed E-state index contributed by atoms with van der Waals surface area (Å²) in [6.07, 6.45) is 1.46. The normalized spacial score (nSPS) is 29.0. The maximum atomic E-state index is 3.30. The summed E-state index contributed by atoms with van der Waals surface area (Å²) in [4.78, 5) is 2.58. The lowest BCUT2D eigenvalue weighted by Crippen LogP contribution is -2.47. The van der Waals surface area contributed by atoms with Crippen LogP contribution in [0.4, 0.5) is 0 Å². The van der Waals surface area contributed by atoms with Gasteiger partial charge in [0, 0.05) is 19.6 Å². The fraction of sp³-hybridized carbons (Fsp3) is 0.600. The van der Waals surface area contributed by atoms with E-state index in [-0.39, 0.29) is 0 Å². The van der Waals surface area contributed by atoms with Crippen LogP contribution in [0.2, 0.25) is 0 Å². The Bertz CT molecular complexity index is 356. The van der Waals surface area contributed by atoms with Crippen molar-refractivity contribution in [2.24, 2.45) is 17.8 Å². The van der Waals surface area contributed by atoms with Gasteiger partial charge in [0.05, 0.1) is 0 Å². The molecule has 1 saturated carbocycles. The Morgan fingerprint density at radius 2 is 2.00 bits per heavy atom. The molecule has 17 heavy (non-hydrogen) atoms. The van der Waals surface area contributed by atoms with Gasteiger partial charge < -0.3 is 5.32 Å². The van der Waals surface area contributed by atoms with Crippen molar-refractivity contribution in [3.63, 3.8) is 0 Å². The van der Waals surface area contributed by atoms with Gasteiger partial charge in [-0.05, 0) is 43.3 Å². The Kier molecular flexibility index (Phi) is 3.17. The van der Waals surface area contributed by atoms with Gasteiger partial charge >= 0.3 is 0 Å². The molecule has 1 aromatic rings. The van der Waals surface area contributed by atoms with Crippen molar-refractivity contribution < 1.29 is 0 Å². The van der Waals surface area contributed by atoms with Crippen molar-refractivity contribution in [1.82, 2.24) is 10.2 Å². The van der Waals surface area contributed by atoms with Gasteiger partial charge in [-0.2, -0.15) is 0 Å². The molecule has 2 unspecified atom stereocenters. The van der Waals surface area contributed by atoms with Crippen LogP contribution in [0, 0.1) is 17.8 Å². The molecule has 0 bridgehead atoms. The van der Waals surface area contributed by atoms with Crippen LogP contribution in [-0.4, -0.2) is 31.6 Å². The summed E-state index contributed by atoms with van der Waals surface area (Å²) in [7, 11) is 2.07. The lowest BCUT2D eigenvalue weighted by molar-refractivity contribution is 0.0738. The van der Waals surface area contributed by atoms with Gasteiger partial charge in [0.1, 0.15) is 0 Å². The molecule has 0 aromatic heterocycles. The number of benzene rings is 1. The van der Waals surface area contributed by atoms with Crippen LogP contribution >= 0.6 is 0 Å². The van der Waals surface area contributed by atoms with E-state index in [4.69, 9.17) is 0 Å². The Morgan fingerprint density at radius 3 is 2.71 bits per heavy atom. The van der Waals surface area contributed by atoms with Crippen molar-refractivity contribution in [3.8, 4) is 0 Å². The van der Waals surface area contributed by atoms with Crippen LogP contribution in [-0.2, 0) is 6.54 Å². The third-order valence-electron chi connectivity index (χ3n) is 4.28. The second-order valence-electron chi connectivity index (χ2n) is 5.66. The average molecular weight is 230 g/mol. The van der Waals surface area contributed by atoms with Crippen LogP contribution in [0.15, 0.2) is 30.3 Å². The molecule has 2 aliphatic rings.